The molecule has 1 aliphatic heterocycles. The van der Waals surface area contributed by atoms with Crippen molar-refractivity contribution in [3.8, 4) is 0 Å². The monoisotopic (exact) mass is 305 g/mol. The summed E-state index contributed by atoms with van der Waals surface area (Å²) < 4.78 is 5.25. The van der Waals surface area contributed by atoms with E-state index in [1.165, 1.54) is 0 Å². The van der Waals surface area contributed by atoms with E-state index in [1.807, 2.05) is 32.0 Å². The Bertz CT molecular complexity index is 683. The van der Waals surface area contributed by atoms with E-state index in [-0.39, 0.29) is 11.8 Å². The molecule has 2 aromatic rings. The second kappa shape index (κ2) is 5.48. The van der Waals surface area contributed by atoms with Crippen molar-refractivity contribution in [2.75, 3.05) is 11.4 Å². The lowest BCUT2D eigenvalue weighted by molar-refractivity contribution is -0.117. The first-order valence-corrected chi connectivity index (χ1v) is 7.35. The fourth-order valence-corrected chi connectivity index (χ4v) is 2.85. The van der Waals surface area contributed by atoms with Crippen LogP contribution in [0.25, 0.3) is 0 Å². The summed E-state index contributed by atoms with van der Waals surface area (Å²) in [5, 5.41) is 4.48. The van der Waals surface area contributed by atoms with E-state index in [4.69, 9.17) is 16.1 Å². The molecule has 5 nitrogen and oxygen atoms in total. The standard InChI is InChI=1S/C15H16ClN3O2/c1-3-13-17-15(21-18-13)10-7-14(20)19(8-10)12-5-4-9(2)6-11(12)16/h4-6,10H,3,7-8H2,1-2H3. The molecule has 1 aromatic heterocycles. The molecule has 0 bridgehead atoms. The third kappa shape index (κ3) is 2.65. The molecule has 1 atom stereocenters. The first-order chi connectivity index (χ1) is 10.1. The number of carbonyl (C=O) groups is 1. The maximum atomic E-state index is 12.2. The fourth-order valence-electron chi connectivity index (χ4n) is 2.51. The van der Waals surface area contributed by atoms with Gasteiger partial charge < -0.3 is 9.42 Å². The minimum Gasteiger partial charge on any atom is -0.339 e. The summed E-state index contributed by atoms with van der Waals surface area (Å²) in [5.41, 5.74) is 1.81. The third-order valence-electron chi connectivity index (χ3n) is 3.67. The molecule has 3 rings (SSSR count). The SMILES string of the molecule is CCc1noc(C2CC(=O)N(c3ccc(C)cc3Cl)C2)n1. The number of carbonyl (C=O) groups excluding carboxylic acids is 1. The van der Waals surface area contributed by atoms with Crippen LogP contribution in [0, 0.1) is 6.92 Å². The summed E-state index contributed by atoms with van der Waals surface area (Å²) in [6, 6.07) is 5.69. The van der Waals surface area contributed by atoms with E-state index in [9.17, 15) is 4.79 Å². The highest BCUT2D eigenvalue weighted by Crippen LogP contribution is 2.35. The van der Waals surface area contributed by atoms with Crippen LogP contribution in [0.5, 0.6) is 0 Å². The largest absolute Gasteiger partial charge is 0.339 e. The van der Waals surface area contributed by atoms with Crippen LogP contribution in [0.1, 0.15) is 36.5 Å². The van der Waals surface area contributed by atoms with Gasteiger partial charge in [-0.05, 0) is 24.6 Å². The highest BCUT2D eigenvalue weighted by Gasteiger charge is 2.35. The number of nitrogens with zero attached hydrogens (tertiary/aromatic N) is 3. The number of hydrogen-bond acceptors (Lipinski definition) is 4. The van der Waals surface area contributed by atoms with Crippen molar-refractivity contribution in [2.45, 2.75) is 32.6 Å². The first kappa shape index (κ1) is 14.1. The highest BCUT2D eigenvalue weighted by atomic mass is 35.5. The van der Waals surface area contributed by atoms with Crippen molar-refractivity contribution >= 4 is 23.2 Å². The predicted octanol–water partition coefficient (Wildman–Crippen LogP) is 3.11. The van der Waals surface area contributed by atoms with Crippen LogP contribution in [0.3, 0.4) is 0 Å². The van der Waals surface area contributed by atoms with Gasteiger partial charge in [-0.25, -0.2) is 0 Å². The summed E-state index contributed by atoms with van der Waals surface area (Å²) in [6.07, 6.45) is 1.09. The number of aryl methyl sites for hydroxylation is 2. The molecule has 0 radical (unpaired) electrons. The van der Waals surface area contributed by atoms with Gasteiger partial charge in [0.1, 0.15) is 0 Å². The Labute approximate surface area is 127 Å². The molecule has 6 heteroatoms. The summed E-state index contributed by atoms with van der Waals surface area (Å²) >= 11 is 6.25. The van der Waals surface area contributed by atoms with Gasteiger partial charge in [-0.15, -0.1) is 0 Å². The van der Waals surface area contributed by atoms with Crippen molar-refractivity contribution in [3.05, 3.63) is 40.5 Å². The first-order valence-electron chi connectivity index (χ1n) is 6.97. The predicted molar refractivity (Wildman–Crippen MR) is 79.6 cm³/mol. The van der Waals surface area contributed by atoms with Gasteiger partial charge in [0.15, 0.2) is 5.82 Å². The lowest BCUT2D eigenvalue weighted by Crippen LogP contribution is -2.24. The van der Waals surface area contributed by atoms with E-state index in [0.29, 0.717) is 29.7 Å². The lowest BCUT2D eigenvalue weighted by atomic mass is 10.1. The number of aromatic nitrogens is 2. The minimum atomic E-state index is -0.0670. The van der Waals surface area contributed by atoms with E-state index in [1.54, 1.807) is 4.90 Å². The second-order valence-electron chi connectivity index (χ2n) is 5.26. The molecular weight excluding hydrogens is 290 g/mol. The van der Waals surface area contributed by atoms with Gasteiger partial charge in [0.05, 0.1) is 16.6 Å². The van der Waals surface area contributed by atoms with Crippen molar-refractivity contribution in [3.63, 3.8) is 0 Å². The Hall–Kier alpha value is -1.88. The van der Waals surface area contributed by atoms with Crippen molar-refractivity contribution < 1.29 is 9.32 Å². The maximum Gasteiger partial charge on any atom is 0.232 e. The molecule has 1 saturated heterocycles. The normalized spacial score (nSPS) is 18.5. The van der Waals surface area contributed by atoms with E-state index < -0.39 is 0 Å². The van der Waals surface area contributed by atoms with Crippen LogP contribution in [0.2, 0.25) is 5.02 Å². The number of anilines is 1. The van der Waals surface area contributed by atoms with Gasteiger partial charge in [0.2, 0.25) is 11.8 Å². The summed E-state index contributed by atoms with van der Waals surface area (Å²) in [7, 11) is 0. The molecule has 1 fully saturated rings. The average Bonchev–Trinajstić information content (AvgIpc) is 3.05. The number of halogens is 1. The van der Waals surface area contributed by atoms with Gasteiger partial charge in [-0.3, -0.25) is 4.79 Å². The van der Waals surface area contributed by atoms with Crippen LogP contribution >= 0.6 is 11.6 Å². The van der Waals surface area contributed by atoms with Crippen molar-refractivity contribution in [2.24, 2.45) is 0 Å². The topological polar surface area (TPSA) is 59.2 Å². The molecule has 1 aromatic carbocycles. The van der Waals surface area contributed by atoms with Gasteiger partial charge in [0, 0.05) is 19.4 Å². The molecule has 2 heterocycles. The number of hydrogen-bond donors (Lipinski definition) is 0. The molecule has 21 heavy (non-hydrogen) atoms. The average molecular weight is 306 g/mol. The van der Waals surface area contributed by atoms with Crippen LogP contribution in [-0.4, -0.2) is 22.6 Å². The molecular formula is C15H16ClN3O2. The second-order valence-corrected chi connectivity index (χ2v) is 5.67. The highest BCUT2D eigenvalue weighted by molar-refractivity contribution is 6.34. The van der Waals surface area contributed by atoms with Crippen LogP contribution in [0.15, 0.2) is 22.7 Å². The smallest absolute Gasteiger partial charge is 0.232 e. The Balaban J connectivity index is 1.84. The fraction of sp³-hybridized carbons (Fsp3) is 0.400. The zero-order chi connectivity index (χ0) is 15.0. The molecule has 0 saturated carbocycles. The van der Waals surface area contributed by atoms with E-state index >= 15 is 0 Å². The van der Waals surface area contributed by atoms with Crippen LogP contribution in [0.4, 0.5) is 5.69 Å². The molecule has 0 aliphatic carbocycles. The number of rotatable bonds is 3. The Kier molecular flexibility index (Phi) is 3.68. The van der Waals surface area contributed by atoms with Gasteiger partial charge in [-0.2, -0.15) is 4.98 Å². The molecule has 0 spiro atoms. The molecule has 110 valence electrons. The quantitative estimate of drug-likeness (QED) is 0.874. The lowest BCUT2D eigenvalue weighted by Gasteiger charge is -2.18. The van der Waals surface area contributed by atoms with E-state index in [2.05, 4.69) is 10.1 Å². The maximum absolute atomic E-state index is 12.2. The molecule has 1 unspecified atom stereocenters. The zero-order valence-corrected chi connectivity index (χ0v) is 12.7. The zero-order valence-electron chi connectivity index (χ0n) is 12.0. The Morgan fingerprint density at radius 3 is 2.95 bits per heavy atom. The van der Waals surface area contributed by atoms with Crippen molar-refractivity contribution in [1.29, 1.82) is 0 Å². The third-order valence-corrected chi connectivity index (χ3v) is 3.97. The molecule has 0 N–H and O–H groups in total. The van der Waals surface area contributed by atoms with Gasteiger partial charge in [0.25, 0.3) is 0 Å². The summed E-state index contributed by atoms with van der Waals surface area (Å²) in [4.78, 5) is 18.3. The Morgan fingerprint density at radius 2 is 2.29 bits per heavy atom. The minimum absolute atomic E-state index is 0.0296. The van der Waals surface area contributed by atoms with Gasteiger partial charge >= 0.3 is 0 Å². The van der Waals surface area contributed by atoms with Crippen molar-refractivity contribution in [1.82, 2.24) is 10.1 Å². The van der Waals surface area contributed by atoms with Gasteiger partial charge in [-0.1, -0.05) is 29.7 Å². The number of benzene rings is 1. The summed E-state index contributed by atoms with van der Waals surface area (Å²) in [5.74, 6) is 1.17. The molecule has 1 amide bonds. The van der Waals surface area contributed by atoms with E-state index in [0.717, 1.165) is 17.7 Å². The van der Waals surface area contributed by atoms with Crippen LogP contribution in [-0.2, 0) is 11.2 Å². The summed E-state index contributed by atoms with van der Waals surface area (Å²) in [6.45, 7) is 4.45. The Morgan fingerprint density at radius 1 is 1.48 bits per heavy atom. The van der Waals surface area contributed by atoms with Crippen LogP contribution < -0.4 is 4.90 Å². The molecule has 1 aliphatic rings. The number of amides is 1.